The second kappa shape index (κ2) is 7.46. The van der Waals surface area contributed by atoms with Crippen LogP contribution in [0.2, 0.25) is 0 Å². The van der Waals surface area contributed by atoms with E-state index in [0.717, 1.165) is 35.1 Å². The van der Waals surface area contributed by atoms with Crippen LogP contribution in [0.5, 0.6) is 0 Å². The molecule has 146 valence electrons. The molecule has 0 unspecified atom stereocenters. The highest BCUT2D eigenvalue weighted by atomic mass is 16.2. The molecule has 1 amide bonds. The summed E-state index contributed by atoms with van der Waals surface area (Å²) in [5.41, 5.74) is 2.58. The molecule has 0 N–H and O–H groups in total. The van der Waals surface area contributed by atoms with Crippen molar-refractivity contribution in [2.24, 2.45) is 0 Å². The molecular formula is C21H21N7O. The molecule has 1 saturated heterocycles. The first kappa shape index (κ1) is 17.5. The molecule has 1 aliphatic rings. The molecule has 0 atom stereocenters. The maximum atomic E-state index is 12.8. The number of carbonyl (C=O) groups is 1. The summed E-state index contributed by atoms with van der Waals surface area (Å²) in [6, 6.07) is 13.9. The standard InChI is InChI=1S/C21H21N7O/c29-21(15-28-20-7-2-1-5-16(20)13-23-28)26-11-8-17(9-12-26)27-14-19(24-25-27)18-6-3-4-10-22-18/h1-7,10,13-14,17H,8-9,11-12,15H2. The molecule has 5 rings (SSSR count). The van der Waals surface area contributed by atoms with Crippen molar-refractivity contribution < 1.29 is 4.79 Å². The summed E-state index contributed by atoms with van der Waals surface area (Å²) >= 11 is 0. The van der Waals surface area contributed by atoms with Gasteiger partial charge in [-0.2, -0.15) is 5.10 Å². The van der Waals surface area contributed by atoms with Crippen LogP contribution in [0.25, 0.3) is 22.3 Å². The number of carbonyl (C=O) groups excluding carboxylic acids is 1. The summed E-state index contributed by atoms with van der Waals surface area (Å²) in [5.74, 6) is 0.102. The number of hydrogen-bond acceptors (Lipinski definition) is 5. The lowest BCUT2D eigenvalue weighted by Crippen LogP contribution is -2.40. The van der Waals surface area contributed by atoms with Crippen molar-refractivity contribution in [3.63, 3.8) is 0 Å². The topological polar surface area (TPSA) is 81.7 Å². The normalized spacial score (nSPS) is 15.1. The van der Waals surface area contributed by atoms with Crippen LogP contribution >= 0.6 is 0 Å². The van der Waals surface area contributed by atoms with E-state index in [1.807, 2.05) is 58.2 Å². The summed E-state index contributed by atoms with van der Waals surface area (Å²) < 4.78 is 3.69. The molecule has 0 aliphatic carbocycles. The number of likely N-dealkylation sites (tertiary alicyclic amines) is 1. The molecule has 8 heteroatoms. The van der Waals surface area contributed by atoms with E-state index in [-0.39, 0.29) is 18.5 Å². The fraction of sp³-hybridized carbons (Fsp3) is 0.286. The number of para-hydroxylation sites is 1. The van der Waals surface area contributed by atoms with Gasteiger partial charge in [-0.05, 0) is 31.0 Å². The Labute approximate surface area is 167 Å². The maximum absolute atomic E-state index is 12.8. The Morgan fingerprint density at radius 1 is 1.03 bits per heavy atom. The van der Waals surface area contributed by atoms with Gasteiger partial charge in [-0.25, -0.2) is 4.68 Å². The minimum Gasteiger partial charge on any atom is -0.341 e. The zero-order valence-corrected chi connectivity index (χ0v) is 15.9. The summed E-state index contributed by atoms with van der Waals surface area (Å²) in [5, 5.41) is 14.0. The molecule has 1 aliphatic heterocycles. The van der Waals surface area contributed by atoms with Gasteiger partial charge in [0.15, 0.2) is 0 Å². The number of fused-ring (bicyclic) bond motifs is 1. The van der Waals surface area contributed by atoms with E-state index in [4.69, 9.17) is 0 Å². The first-order valence-corrected chi connectivity index (χ1v) is 9.79. The highest BCUT2D eigenvalue weighted by Gasteiger charge is 2.25. The Morgan fingerprint density at radius 3 is 2.69 bits per heavy atom. The van der Waals surface area contributed by atoms with E-state index in [9.17, 15) is 4.79 Å². The summed E-state index contributed by atoms with van der Waals surface area (Å²) in [7, 11) is 0. The molecule has 8 nitrogen and oxygen atoms in total. The van der Waals surface area contributed by atoms with Crippen LogP contribution in [0.3, 0.4) is 0 Å². The highest BCUT2D eigenvalue weighted by Crippen LogP contribution is 2.24. The van der Waals surface area contributed by atoms with Crippen molar-refractivity contribution in [3.8, 4) is 11.4 Å². The van der Waals surface area contributed by atoms with Gasteiger partial charge in [-0.3, -0.25) is 14.5 Å². The van der Waals surface area contributed by atoms with E-state index < -0.39 is 0 Å². The number of piperidine rings is 1. The van der Waals surface area contributed by atoms with Gasteiger partial charge in [0.05, 0.1) is 29.6 Å². The van der Waals surface area contributed by atoms with Gasteiger partial charge in [0, 0.05) is 24.7 Å². The Kier molecular flexibility index (Phi) is 4.51. The number of pyridine rings is 1. The summed E-state index contributed by atoms with van der Waals surface area (Å²) in [6.07, 6.45) is 7.22. The average Bonchev–Trinajstić information content (AvgIpc) is 3.43. The molecule has 1 fully saturated rings. The predicted octanol–water partition coefficient (Wildman–Crippen LogP) is 2.55. The van der Waals surface area contributed by atoms with Crippen LogP contribution in [0.1, 0.15) is 18.9 Å². The second-order valence-corrected chi connectivity index (χ2v) is 7.27. The number of nitrogens with zero attached hydrogens (tertiary/aromatic N) is 7. The molecule has 0 radical (unpaired) electrons. The highest BCUT2D eigenvalue weighted by molar-refractivity contribution is 5.82. The van der Waals surface area contributed by atoms with Crippen LogP contribution in [-0.2, 0) is 11.3 Å². The molecule has 29 heavy (non-hydrogen) atoms. The van der Waals surface area contributed by atoms with E-state index in [0.29, 0.717) is 13.1 Å². The van der Waals surface area contributed by atoms with Crippen molar-refractivity contribution in [3.05, 3.63) is 61.1 Å². The molecule has 1 aromatic carbocycles. The zero-order valence-electron chi connectivity index (χ0n) is 15.9. The maximum Gasteiger partial charge on any atom is 0.244 e. The molecule has 0 spiro atoms. The zero-order chi connectivity index (χ0) is 19.6. The Balaban J connectivity index is 1.21. The third-order valence-corrected chi connectivity index (χ3v) is 5.46. The Bertz CT molecular complexity index is 1130. The lowest BCUT2D eigenvalue weighted by molar-refractivity contribution is -0.133. The SMILES string of the molecule is O=C(Cn1ncc2ccccc21)N1CCC(n2cc(-c3ccccn3)nn2)CC1. The van der Waals surface area contributed by atoms with Crippen molar-refractivity contribution in [2.75, 3.05) is 13.1 Å². The molecule has 0 saturated carbocycles. The van der Waals surface area contributed by atoms with Gasteiger partial charge in [-0.1, -0.05) is 29.5 Å². The monoisotopic (exact) mass is 387 g/mol. The van der Waals surface area contributed by atoms with Crippen molar-refractivity contribution in [2.45, 2.75) is 25.4 Å². The molecular weight excluding hydrogens is 366 g/mol. The van der Waals surface area contributed by atoms with E-state index in [2.05, 4.69) is 20.4 Å². The lowest BCUT2D eigenvalue weighted by Gasteiger charge is -2.31. The van der Waals surface area contributed by atoms with Gasteiger partial charge in [0.2, 0.25) is 5.91 Å². The van der Waals surface area contributed by atoms with Crippen molar-refractivity contribution >= 4 is 16.8 Å². The van der Waals surface area contributed by atoms with Gasteiger partial charge < -0.3 is 4.90 Å². The van der Waals surface area contributed by atoms with Crippen LogP contribution in [0, 0.1) is 0 Å². The molecule has 3 aromatic heterocycles. The van der Waals surface area contributed by atoms with Crippen molar-refractivity contribution in [1.29, 1.82) is 0 Å². The van der Waals surface area contributed by atoms with Crippen molar-refractivity contribution in [1.82, 2.24) is 34.7 Å². The number of hydrogen-bond donors (Lipinski definition) is 0. The van der Waals surface area contributed by atoms with Gasteiger partial charge in [0.1, 0.15) is 12.2 Å². The third-order valence-electron chi connectivity index (χ3n) is 5.46. The summed E-state index contributed by atoms with van der Waals surface area (Å²) in [4.78, 5) is 19.0. The lowest BCUT2D eigenvalue weighted by atomic mass is 10.1. The first-order valence-electron chi connectivity index (χ1n) is 9.79. The Hall–Kier alpha value is -3.55. The fourth-order valence-corrected chi connectivity index (χ4v) is 3.85. The van der Waals surface area contributed by atoms with Crippen LogP contribution in [-0.4, -0.2) is 53.7 Å². The predicted molar refractivity (Wildman–Crippen MR) is 108 cm³/mol. The van der Waals surface area contributed by atoms with E-state index in [1.165, 1.54) is 0 Å². The van der Waals surface area contributed by atoms with E-state index >= 15 is 0 Å². The van der Waals surface area contributed by atoms with Gasteiger partial charge in [-0.15, -0.1) is 5.10 Å². The van der Waals surface area contributed by atoms with E-state index in [1.54, 1.807) is 17.1 Å². The summed E-state index contributed by atoms with van der Waals surface area (Å²) in [6.45, 7) is 1.69. The van der Waals surface area contributed by atoms with Gasteiger partial charge >= 0.3 is 0 Å². The third kappa shape index (κ3) is 3.49. The molecule has 4 aromatic rings. The fourth-order valence-electron chi connectivity index (χ4n) is 3.85. The van der Waals surface area contributed by atoms with Gasteiger partial charge in [0.25, 0.3) is 0 Å². The number of rotatable bonds is 4. The van der Waals surface area contributed by atoms with Crippen LogP contribution in [0.4, 0.5) is 0 Å². The quantitative estimate of drug-likeness (QED) is 0.537. The van der Waals surface area contributed by atoms with Crippen LogP contribution < -0.4 is 0 Å². The molecule has 4 heterocycles. The smallest absolute Gasteiger partial charge is 0.244 e. The first-order chi connectivity index (χ1) is 14.3. The second-order valence-electron chi connectivity index (χ2n) is 7.27. The minimum absolute atomic E-state index is 0.102. The average molecular weight is 387 g/mol. The minimum atomic E-state index is 0.102. The largest absolute Gasteiger partial charge is 0.341 e. The van der Waals surface area contributed by atoms with Crippen LogP contribution in [0.15, 0.2) is 61.1 Å². The number of aromatic nitrogens is 6. The Morgan fingerprint density at radius 2 is 1.86 bits per heavy atom. The molecule has 0 bridgehead atoms. The number of benzene rings is 1. The number of amides is 1.